The molecule has 0 unspecified atom stereocenters. The van der Waals surface area contributed by atoms with Gasteiger partial charge in [-0.25, -0.2) is 0 Å². The van der Waals surface area contributed by atoms with E-state index in [4.69, 9.17) is 9.26 Å². The number of benzene rings is 1. The lowest BCUT2D eigenvalue weighted by Gasteiger charge is -2.16. The standard InChI is InChI=1S/C24H31N5O3S/c1-16-21(17(2)32-28-16)15-31-20-12-10-18(11-13-20)23(30)25-14-6-9-22-26-27-24(33-3)29(22)19-7-4-5-8-19/h10-13,19H,4-9,14-15H2,1-3H3,(H,25,30). The Labute approximate surface area is 198 Å². The predicted octanol–water partition coefficient (Wildman–Crippen LogP) is 4.66. The van der Waals surface area contributed by atoms with Crippen LogP contribution in [0.15, 0.2) is 33.9 Å². The van der Waals surface area contributed by atoms with Crippen LogP contribution in [0.25, 0.3) is 0 Å². The number of thioether (sulfide) groups is 1. The van der Waals surface area contributed by atoms with Crippen LogP contribution in [0.3, 0.4) is 0 Å². The smallest absolute Gasteiger partial charge is 0.251 e. The maximum Gasteiger partial charge on any atom is 0.251 e. The largest absolute Gasteiger partial charge is 0.489 e. The Morgan fingerprint density at radius 2 is 1.97 bits per heavy atom. The van der Waals surface area contributed by atoms with Gasteiger partial charge in [-0.2, -0.15) is 0 Å². The number of nitrogens with zero attached hydrogens (tertiary/aromatic N) is 4. The zero-order valence-electron chi connectivity index (χ0n) is 19.5. The van der Waals surface area contributed by atoms with E-state index in [1.807, 2.05) is 20.1 Å². The minimum Gasteiger partial charge on any atom is -0.489 e. The zero-order valence-corrected chi connectivity index (χ0v) is 20.3. The first-order chi connectivity index (χ1) is 16.1. The topological polar surface area (TPSA) is 95.1 Å². The first-order valence-electron chi connectivity index (χ1n) is 11.5. The van der Waals surface area contributed by atoms with E-state index in [2.05, 4.69) is 25.2 Å². The van der Waals surface area contributed by atoms with Gasteiger partial charge in [-0.05, 0) is 63.6 Å². The monoisotopic (exact) mass is 469 g/mol. The van der Waals surface area contributed by atoms with E-state index < -0.39 is 0 Å². The molecule has 1 aliphatic carbocycles. The Balaban J connectivity index is 1.24. The normalized spacial score (nSPS) is 14.0. The molecule has 1 N–H and O–H groups in total. The van der Waals surface area contributed by atoms with E-state index in [1.54, 1.807) is 36.0 Å². The number of hydrogen-bond acceptors (Lipinski definition) is 7. The van der Waals surface area contributed by atoms with Crippen LogP contribution in [-0.2, 0) is 13.0 Å². The van der Waals surface area contributed by atoms with Crippen molar-refractivity contribution in [2.45, 2.75) is 70.2 Å². The minimum atomic E-state index is -0.0886. The lowest BCUT2D eigenvalue weighted by Crippen LogP contribution is -2.25. The van der Waals surface area contributed by atoms with Crippen LogP contribution in [-0.4, -0.2) is 38.6 Å². The molecule has 2 heterocycles. The Kier molecular flexibility index (Phi) is 7.69. The van der Waals surface area contributed by atoms with Crippen molar-refractivity contribution < 1.29 is 14.1 Å². The van der Waals surface area contributed by atoms with Crippen molar-refractivity contribution in [2.24, 2.45) is 0 Å². The minimum absolute atomic E-state index is 0.0886. The van der Waals surface area contributed by atoms with Crippen LogP contribution >= 0.6 is 11.8 Å². The molecule has 33 heavy (non-hydrogen) atoms. The SMILES string of the molecule is CSc1nnc(CCCNC(=O)c2ccc(OCc3c(C)noc3C)cc2)n1C1CCCC1. The van der Waals surface area contributed by atoms with E-state index in [9.17, 15) is 4.79 Å². The molecule has 1 saturated carbocycles. The number of aromatic nitrogens is 4. The van der Waals surface area contributed by atoms with Gasteiger partial charge in [0.15, 0.2) is 5.16 Å². The molecule has 9 heteroatoms. The van der Waals surface area contributed by atoms with Crippen LogP contribution < -0.4 is 10.1 Å². The van der Waals surface area contributed by atoms with Gasteiger partial charge in [0.25, 0.3) is 5.91 Å². The average Bonchev–Trinajstić information content (AvgIpc) is 3.56. The molecule has 0 atom stereocenters. The van der Waals surface area contributed by atoms with Crippen molar-refractivity contribution >= 4 is 17.7 Å². The number of carbonyl (C=O) groups excluding carboxylic acids is 1. The predicted molar refractivity (Wildman–Crippen MR) is 127 cm³/mol. The number of ether oxygens (including phenoxy) is 1. The number of hydrogen-bond donors (Lipinski definition) is 1. The third-order valence-electron chi connectivity index (χ3n) is 6.15. The summed E-state index contributed by atoms with van der Waals surface area (Å²) in [4.78, 5) is 12.5. The molecule has 1 aliphatic rings. The van der Waals surface area contributed by atoms with Gasteiger partial charge >= 0.3 is 0 Å². The highest BCUT2D eigenvalue weighted by atomic mass is 32.2. The molecule has 0 radical (unpaired) electrons. The van der Waals surface area contributed by atoms with Gasteiger partial charge in [-0.1, -0.05) is 29.8 Å². The molecule has 176 valence electrons. The molecule has 1 aromatic carbocycles. The van der Waals surface area contributed by atoms with Crippen molar-refractivity contribution in [3.05, 3.63) is 52.7 Å². The van der Waals surface area contributed by atoms with E-state index in [-0.39, 0.29) is 5.91 Å². The number of aryl methyl sites for hydroxylation is 3. The summed E-state index contributed by atoms with van der Waals surface area (Å²) in [6.45, 7) is 4.74. The molecular weight excluding hydrogens is 438 g/mol. The first kappa shape index (κ1) is 23.4. The van der Waals surface area contributed by atoms with Gasteiger partial charge in [0.1, 0.15) is 23.9 Å². The quantitative estimate of drug-likeness (QED) is 0.341. The van der Waals surface area contributed by atoms with E-state index in [1.165, 1.54) is 25.7 Å². The summed E-state index contributed by atoms with van der Waals surface area (Å²) in [5.74, 6) is 2.40. The second-order valence-electron chi connectivity index (χ2n) is 8.39. The van der Waals surface area contributed by atoms with E-state index in [0.29, 0.717) is 30.5 Å². The van der Waals surface area contributed by atoms with Crippen molar-refractivity contribution in [1.29, 1.82) is 0 Å². The lowest BCUT2D eigenvalue weighted by molar-refractivity contribution is 0.0953. The molecule has 1 amide bonds. The maximum atomic E-state index is 12.5. The fourth-order valence-corrected chi connectivity index (χ4v) is 4.84. The molecule has 3 aromatic rings. The highest BCUT2D eigenvalue weighted by molar-refractivity contribution is 7.98. The van der Waals surface area contributed by atoms with Gasteiger partial charge in [0.05, 0.1) is 11.3 Å². The fraction of sp³-hybridized carbons (Fsp3) is 0.500. The van der Waals surface area contributed by atoms with E-state index >= 15 is 0 Å². The number of carbonyl (C=O) groups is 1. The number of amides is 1. The van der Waals surface area contributed by atoms with Crippen molar-refractivity contribution in [1.82, 2.24) is 25.2 Å². The highest BCUT2D eigenvalue weighted by Crippen LogP contribution is 2.33. The third-order valence-corrected chi connectivity index (χ3v) is 6.79. The second kappa shape index (κ2) is 10.9. The summed E-state index contributed by atoms with van der Waals surface area (Å²) in [5, 5.41) is 16.7. The fourth-order valence-electron chi connectivity index (χ4n) is 4.26. The van der Waals surface area contributed by atoms with Gasteiger partial charge in [-0.15, -0.1) is 10.2 Å². The highest BCUT2D eigenvalue weighted by Gasteiger charge is 2.23. The summed E-state index contributed by atoms with van der Waals surface area (Å²) in [7, 11) is 0. The average molecular weight is 470 g/mol. The van der Waals surface area contributed by atoms with Gasteiger partial charge in [0.2, 0.25) is 0 Å². The Hall–Kier alpha value is -2.81. The van der Waals surface area contributed by atoms with Crippen molar-refractivity contribution in [3.8, 4) is 5.75 Å². The van der Waals surface area contributed by atoms with Gasteiger partial charge in [0, 0.05) is 24.6 Å². The third kappa shape index (κ3) is 5.58. The van der Waals surface area contributed by atoms with Crippen LogP contribution in [0.5, 0.6) is 5.75 Å². The molecule has 8 nitrogen and oxygen atoms in total. The molecule has 4 rings (SSSR count). The molecule has 1 fully saturated rings. The molecular formula is C24H31N5O3S. The molecule has 0 bridgehead atoms. The zero-order chi connectivity index (χ0) is 23.2. The summed E-state index contributed by atoms with van der Waals surface area (Å²) in [6.07, 6.45) is 8.63. The molecule has 0 aliphatic heterocycles. The van der Waals surface area contributed by atoms with Crippen molar-refractivity contribution in [2.75, 3.05) is 12.8 Å². The van der Waals surface area contributed by atoms with Crippen LogP contribution in [0.4, 0.5) is 0 Å². The Morgan fingerprint density at radius 1 is 1.21 bits per heavy atom. The molecule has 0 spiro atoms. The summed E-state index contributed by atoms with van der Waals surface area (Å²) in [5.41, 5.74) is 2.39. The molecule has 2 aromatic heterocycles. The summed E-state index contributed by atoms with van der Waals surface area (Å²) >= 11 is 1.65. The summed E-state index contributed by atoms with van der Waals surface area (Å²) < 4.78 is 13.3. The maximum absolute atomic E-state index is 12.5. The van der Waals surface area contributed by atoms with Crippen LogP contribution in [0.1, 0.15) is 71.3 Å². The number of nitrogens with one attached hydrogen (secondary N) is 1. The second-order valence-corrected chi connectivity index (χ2v) is 9.16. The first-order valence-corrected chi connectivity index (χ1v) is 12.7. The van der Waals surface area contributed by atoms with Crippen LogP contribution in [0.2, 0.25) is 0 Å². The Morgan fingerprint density at radius 3 is 2.64 bits per heavy atom. The molecule has 0 saturated heterocycles. The number of rotatable bonds is 10. The van der Waals surface area contributed by atoms with Crippen LogP contribution in [0, 0.1) is 13.8 Å². The van der Waals surface area contributed by atoms with Gasteiger partial charge < -0.3 is 19.1 Å². The van der Waals surface area contributed by atoms with E-state index in [0.717, 1.165) is 40.8 Å². The lowest BCUT2D eigenvalue weighted by atomic mass is 10.2. The van der Waals surface area contributed by atoms with Crippen molar-refractivity contribution in [3.63, 3.8) is 0 Å². The van der Waals surface area contributed by atoms with Gasteiger partial charge in [-0.3, -0.25) is 4.79 Å². The Bertz CT molecular complexity index is 1050. The summed E-state index contributed by atoms with van der Waals surface area (Å²) in [6, 6.07) is 7.69.